The molecule has 6 heteroatoms. The number of methoxy groups -OCH3 is 1. The van der Waals surface area contributed by atoms with E-state index in [2.05, 4.69) is 16.9 Å². The average molecular weight is 294 g/mol. The molecule has 2 rings (SSSR count). The number of nitrogens with zero attached hydrogens (tertiary/aromatic N) is 1. The summed E-state index contributed by atoms with van der Waals surface area (Å²) in [5.74, 6) is 0.131. The van der Waals surface area contributed by atoms with E-state index in [-0.39, 0.29) is 17.5 Å². The third-order valence-electron chi connectivity index (χ3n) is 4.45. The molecule has 0 unspecified atom stereocenters. The van der Waals surface area contributed by atoms with E-state index in [4.69, 9.17) is 9.84 Å². The largest absolute Gasteiger partial charge is 0.481 e. The van der Waals surface area contributed by atoms with Gasteiger partial charge < -0.3 is 14.8 Å². The summed E-state index contributed by atoms with van der Waals surface area (Å²) in [6.45, 7) is 3.88. The van der Waals surface area contributed by atoms with Crippen molar-refractivity contribution in [3.05, 3.63) is 27.4 Å². The maximum Gasteiger partial charge on any atom is 0.308 e. The van der Waals surface area contributed by atoms with E-state index in [0.29, 0.717) is 17.4 Å². The second-order valence-electron chi connectivity index (χ2n) is 5.93. The molecular weight excluding hydrogens is 272 g/mol. The van der Waals surface area contributed by atoms with Gasteiger partial charge in [-0.1, -0.05) is 6.92 Å². The first-order valence-corrected chi connectivity index (χ1v) is 7.25. The van der Waals surface area contributed by atoms with Crippen molar-refractivity contribution >= 4 is 5.97 Å². The normalized spacial score (nSPS) is 25.8. The number of ether oxygens (including phenoxy) is 1. The molecule has 0 amide bonds. The highest BCUT2D eigenvalue weighted by atomic mass is 16.5. The Labute approximate surface area is 123 Å². The summed E-state index contributed by atoms with van der Waals surface area (Å²) in [4.78, 5) is 30.1. The Morgan fingerprint density at radius 1 is 1.48 bits per heavy atom. The molecule has 1 aromatic rings. The first-order chi connectivity index (χ1) is 9.88. The highest BCUT2D eigenvalue weighted by Crippen LogP contribution is 2.40. The maximum absolute atomic E-state index is 12.1. The lowest BCUT2D eigenvalue weighted by atomic mass is 9.79. The number of aryl methyl sites for hydroxylation is 1. The molecule has 1 aliphatic rings. The van der Waals surface area contributed by atoms with Crippen LogP contribution in [-0.4, -0.2) is 28.2 Å². The number of carbonyl (C=O) groups is 1. The van der Waals surface area contributed by atoms with Crippen LogP contribution in [0.2, 0.25) is 0 Å². The number of rotatable bonds is 4. The minimum atomic E-state index is -1.04. The molecule has 0 bridgehead atoms. The van der Waals surface area contributed by atoms with Gasteiger partial charge in [-0.25, -0.2) is 4.98 Å². The Kier molecular flexibility index (Phi) is 4.46. The van der Waals surface area contributed by atoms with Crippen LogP contribution in [0.4, 0.5) is 0 Å². The quantitative estimate of drug-likeness (QED) is 0.882. The molecule has 0 radical (unpaired) electrons. The summed E-state index contributed by atoms with van der Waals surface area (Å²) in [6.07, 6.45) is 3.35. The second kappa shape index (κ2) is 5.97. The molecule has 0 aliphatic heterocycles. The van der Waals surface area contributed by atoms with Crippen LogP contribution in [0.3, 0.4) is 0 Å². The monoisotopic (exact) mass is 294 g/mol. The number of H-pyrrole nitrogens is 1. The second-order valence-corrected chi connectivity index (χ2v) is 5.93. The van der Waals surface area contributed by atoms with Crippen LogP contribution in [0.15, 0.2) is 4.79 Å². The molecule has 1 aromatic heterocycles. The number of hydrogen-bond acceptors (Lipinski definition) is 4. The fraction of sp³-hybridized carbons (Fsp3) is 0.667. The van der Waals surface area contributed by atoms with Gasteiger partial charge in [0.2, 0.25) is 0 Å². The number of carboxylic acids is 1. The zero-order valence-corrected chi connectivity index (χ0v) is 12.7. The minimum absolute atomic E-state index is 0.210. The molecule has 2 N–H and O–H groups in total. The summed E-state index contributed by atoms with van der Waals surface area (Å²) in [7, 11) is 1.64. The van der Waals surface area contributed by atoms with Crippen LogP contribution in [-0.2, 0) is 21.6 Å². The van der Waals surface area contributed by atoms with Gasteiger partial charge in [0.05, 0.1) is 6.42 Å². The van der Waals surface area contributed by atoms with Gasteiger partial charge in [-0.05, 0) is 38.5 Å². The van der Waals surface area contributed by atoms with Crippen LogP contribution < -0.4 is 5.56 Å². The molecule has 116 valence electrons. The Balaban J connectivity index is 2.40. The molecule has 0 atom stereocenters. The van der Waals surface area contributed by atoms with E-state index in [1.54, 1.807) is 14.0 Å². The summed E-state index contributed by atoms with van der Waals surface area (Å²) in [6, 6.07) is 0. The molecule has 21 heavy (non-hydrogen) atoms. The lowest BCUT2D eigenvalue weighted by Crippen LogP contribution is -2.37. The predicted molar refractivity (Wildman–Crippen MR) is 77.3 cm³/mol. The number of nitrogens with one attached hydrogen (secondary N) is 1. The Morgan fingerprint density at radius 3 is 2.57 bits per heavy atom. The average Bonchev–Trinajstić information content (AvgIpc) is 2.44. The van der Waals surface area contributed by atoms with Crippen LogP contribution in [0.25, 0.3) is 0 Å². The predicted octanol–water partition coefficient (Wildman–Crippen LogP) is 1.76. The van der Waals surface area contributed by atoms with Crippen molar-refractivity contribution in [1.82, 2.24) is 9.97 Å². The molecule has 0 spiro atoms. The zero-order chi connectivity index (χ0) is 15.6. The topological polar surface area (TPSA) is 92.3 Å². The number of carboxylic acid groups (broad SMARTS) is 1. The van der Waals surface area contributed by atoms with Gasteiger partial charge in [-0.3, -0.25) is 9.59 Å². The number of hydrogen-bond donors (Lipinski definition) is 2. The van der Waals surface area contributed by atoms with Gasteiger partial charge in [0.1, 0.15) is 11.4 Å². The SMILES string of the molecule is COC1(c2nc(C)c(CC(=O)O)c(=O)[nH]2)CCC(C)CC1. The van der Waals surface area contributed by atoms with Gasteiger partial charge in [0.25, 0.3) is 5.56 Å². The van der Waals surface area contributed by atoms with Gasteiger partial charge in [-0.15, -0.1) is 0 Å². The lowest BCUT2D eigenvalue weighted by molar-refractivity contribution is -0.136. The van der Waals surface area contributed by atoms with Gasteiger partial charge in [0, 0.05) is 18.4 Å². The van der Waals surface area contributed by atoms with E-state index in [1.165, 1.54) is 0 Å². The van der Waals surface area contributed by atoms with Gasteiger partial charge >= 0.3 is 5.97 Å². The van der Waals surface area contributed by atoms with Crippen molar-refractivity contribution in [3.8, 4) is 0 Å². The molecule has 0 saturated heterocycles. The minimum Gasteiger partial charge on any atom is -0.481 e. The summed E-state index contributed by atoms with van der Waals surface area (Å²) < 4.78 is 5.70. The van der Waals surface area contributed by atoms with Crippen molar-refractivity contribution < 1.29 is 14.6 Å². The van der Waals surface area contributed by atoms with Crippen LogP contribution in [0.1, 0.15) is 49.7 Å². The highest BCUT2D eigenvalue weighted by Gasteiger charge is 2.38. The fourth-order valence-electron chi connectivity index (χ4n) is 2.95. The highest BCUT2D eigenvalue weighted by molar-refractivity contribution is 5.70. The van der Waals surface area contributed by atoms with E-state index in [0.717, 1.165) is 25.7 Å². The number of aromatic nitrogens is 2. The standard InChI is InChI=1S/C15H22N2O4/c1-9-4-6-15(21-3,7-5-9)14-16-10(2)11(8-12(18)19)13(20)17-14/h9H,4-8H2,1-3H3,(H,18,19)(H,16,17,20). The van der Waals surface area contributed by atoms with Gasteiger partial charge in [-0.2, -0.15) is 0 Å². The van der Waals surface area contributed by atoms with Crippen molar-refractivity contribution in [1.29, 1.82) is 0 Å². The zero-order valence-electron chi connectivity index (χ0n) is 12.7. The van der Waals surface area contributed by atoms with Gasteiger partial charge in [0.15, 0.2) is 0 Å². The third-order valence-corrected chi connectivity index (χ3v) is 4.45. The summed E-state index contributed by atoms with van der Waals surface area (Å²) in [5.41, 5.74) is -0.263. The van der Waals surface area contributed by atoms with E-state index in [9.17, 15) is 9.59 Å². The van der Waals surface area contributed by atoms with Crippen molar-refractivity contribution in [2.45, 2.75) is 51.6 Å². The fourth-order valence-corrected chi connectivity index (χ4v) is 2.95. The molecule has 1 heterocycles. The lowest BCUT2D eigenvalue weighted by Gasteiger charge is -2.37. The number of aromatic amines is 1. The van der Waals surface area contributed by atoms with Crippen molar-refractivity contribution in [2.24, 2.45) is 5.92 Å². The Bertz CT molecular complexity index is 586. The van der Waals surface area contributed by atoms with E-state index < -0.39 is 11.6 Å². The first-order valence-electron chi connectivity index (χ1n) is 7.25. The maximum atomic E-state index is 12.1. The van der Waals surface area contributed by atoms with Crippen LogP contribution in [0, 0.1) is 12.8 Å². The summed E-state index contributed by atoms with van der Waals surface area (Å²) in [5, 5.41) is 8.85. The van der Waals surface area contributed by atoms with E-state index >= 15 is 0 Å². The molecule has 1 fully saturated rings. The molecule has 6 nitrogen and oxygen atoms in total. The number of aliphatic carboxylic acids is 1. The van der Waals surface area contributed by atoms with Crippen molar-refractivity contribution in [3.63, 3.8) is 0 Å². The Morgan fingerprint density at radius 2 is 2.10 bits per heavy atom. The molecular formula is C15H22N2O4. The molecule has 0 aromatic carbocycles. The van der Waals surface area contributed by atoms with Crippen molar-refractivity contribution in [2.75, 3.05) is 7.11 Å². The Hall–Kier alpha value is -1.69. The van der Waals surface area contributed by atoms with E-state index in [1.807, 2.05) is 0 Å². The summed E-state index contributed by atoms with van der Waals surface area (Å²) >= 11 is 0. The third kappa shape index (κ3) is 3.15. The first kappa shape index (κ1) is 15.7. The molecule has 1 saturated carbocycles. The smallest absolute Gasteiger partial charge is 0.308 e. The van der Waals surface area contributed by atoms with Crippen LogP contribution in [0.5, 0.6) is 0 Å². The molecule has 1 aliphatic carbocycles. The van der Waals surface area contributed by atoms with Crippen LogP contribution >= 0.6 is 0 Å².